The largest absolute Gasteiger partial charge is 0.504 e. The highest BCUT2D eigenvalue weighted by molar-refractivity contribution is 5.56. The van der Waals surface area contributed by atoms with E-state index in [1.54, 1.807) is 6.07 Å². The van der Waals surface area contributed by atoms with Crippen LogP contribution in [0.2, 0.25) is 0 Å². The van der Waals surface area contributed by atoms with Crippen molar-refractivity contribution in [1.29, 1.82) is 0 Å². The summed E-state index contributed by atoms with van der Waals surface area (Å²) in [6.45, 7) is 3.19. The molecule has 1 aliphatic carbocycles. The van der Waals surface area contributed by atoms with Crippen LogP contribution in [0.1, 0.15) is 25.3 Å². The van der Waals surface area contributed by atoms with E-state index in [2.05, 4.69) is 31.0 Å². The fourth-order valence-electron chi connectivity index (χ4n) is 4.93. The van der Waals surface area contributed by atoms with Gasteiger partial charge in [0.15, 0.2) is 11.5 Å². The Morgan fingerprint density at radius 1 is 1.36 bits per heavy atom. The highest BCUT2D eigenvalue weighted by Crippen LogP contribution is 2.58. The zero-order valence-corrected chi connectivity index (χ0v) is 13.1. The van der Waals surface area contributed by atoms with Gasteiger partial charge < -0.3 is 19.8 Å². The van der Waals surface area contributed by atoms with Gasteiger partial charge in [-0.05, 0) is 32.5 Å². The van der Waals surface area contributed by atoms with Gasteiger partial charge in [-0.1, -0.05) is 31.2 Å². The van der Waals surface area contributed by atoms with Gasteiger partial charge in [0.2, 0.25) is 0 Å². The van der Waals surface area contributed by atoms with Crippen molar-refractivity contribution in [3.8, 4) is 11.5 Å². The van der Waals surface area contributed by atoms with Gasteiger partial charge in [0, 0.05) is 22.9 Å². The number of hydrogen-bond acceptors (Lipinski definition) is 4. The van der Waals surface area contributed by atoms with Crippen molar-refractivity contribution >= 4 is 0 Å². The van der Waals surface area contributed by atoms with E-state index in [0.29, 0.717) is 17.7 Å². The lowest BCUT2D eigenvalue weighted by Gasteiger charge is -2.53. The molecule has 0 unspecified atom stereocenters. The summed E-state index contributed by atoms with van der Waals surface area (Å²) in [5.41, 5.74) is 0.840. The van der Waals surface area contributed by atoms with Crippen molar-refractivity contribution in [3.63, 3.8) is 0 Å². The molecule has 4 heteroatoms. The summed E-state index contributed by atoms with van der Waals surface area (Å²) >= 11 is 0. The molecule has 2 aliphatic heterocycles. The number of aliphatic hydroxyl groups is 1. The standard InChI is InChI=1S/C18H23NO3/c1-3-13-11-7-8-15(21)17-18(11,9-10-19(13)2)12-5-4-6-14(20)16(12)22-17/h4-8,11,13,15,17,20-21H,3,9-10H2,1-2H3/t11-,13+,15-,17-,18-/m0/s1. The molecule has 2 heterocycles. The molecule has 1 spiro atoms. The van der Waals surface area contributed by atoms with E-state index in [1.165, 1.54) is 0 Å². The van der Waals surface area contributed by atoms with Crippen LogP contribution in [-0.2, 0) is 5.41 Å². The van der Waals surface area contributed by atoms with E-state index in [-0.39, 0.29) is 17.3 Å². The van der Waals surface area contributed by atoms with Crippen LogP contribution < -0.4 is 4.74 Å². The van der Waals surface area contributed by atoms with Crippen LogP contribution in [0.15, 0.2) is 30.4 Å². The number of phenolic OH excluding ortho intramolecular Hbond substituents is 1. The summed E-state index contributed by atoms with van der Waals surface area (Å²) in [5.74, 6) is 1.05. The summed E-state index contributed by atoms with van der Waals surface area (Å²) in [6.07, 6.45) is 5.13. The number of fused-ring (bicyclic) bond motifs is 1. The number of piperidine rings is 1. The Bertz CT molecular complexity index is 629. The number of nitrogens with zero attached hydrogens (tertiary/aromatic N) is 1. The van der Waals surface area contributed by atoms with Gasteiger partial charge in [-0.25, -0.2) is 0 Å². The lowest BCUT2D eigenvalue weighted by atomic mass is 9.57. The van der Waals surface area contributed by atoms with Crippen LogP contribution >= 0.6 is 0 Å². The highest BCUT2D eigenvalue weighted by Gasteiger charge is 2.60. The number of rotatable bonds is 1. The Kier molecular flexibility index (Phi) is 3.03. The molecule has 1 fully saturated rings. The van der Waals surface area contributed by atoms with Crippen LogP contribution in [0.4, 0.5) is 0 Å². The molecule has 0 saturated carbocycles. The first-order valence-electron chi connectivity index (χ1n) is 8.15. The number of phenols is 1. The van der Waals surface area contributed by atoms with E-state index in [9.17, 15) is 10.2 Å². The first-order chi connectivity index (χ1) is 10.6. The first kappa shape index (κ1) is 14.1. The SMILES string of the molecule is CC[C@@H]1[C@@H]2C=C[C@H](O)[C@@H]3Oc4c(O)cccc4[C@]23CCN1C. The van der Waals surface area contributed by atoms with E-state index in [1.807, 2.05) is 12.1 Å². The van der Waals surface area contributed by atoms with Crippen molar-refractivity contribution in [1.82, 2.24) is 4.90 Å². The van der Waals surface area contributed by atoms with Crippen LogP contribution in [0.3, 0.4) is 0 Å². The summed E-state index contributed by atoms with van der Waals surface area (Å²) in [7, 11) is 2.17. The van der Waals surface area contributed by atoms with Crippen molar-refractivity contribution in [2.45, 2.75) is 43.4 Å². The number of ether oxygens (including phenoxy) is 1. The Hall–Kier alpha value is -1.52. The number of benzene rings is 1. The van der Waals surface area contributed by atoms with Crippen molar-refractivity contribution in [2.24, 2.45) is 5.92 Å². The van der Waals surface area contributed by atoms with E-state index < -0.39 is 6.10 Å². The molecule has 4 rings (SSSR count). The number of likely N-dealkylation sites (tertiary alicyclic amines) is 1. The normalized spacial score (nSPS) is 39.8. The fraction of sp³-hybridized carbons (Fsp3) is 0.556. The lowest BCUT2D eigenvalue weighted by Crippen LogP contribution is -2.62. The third kappa shape index (κ3) is 1.60. The molecule has 1 saturated heterocycles. The maximum Gasteiger partial charge on any atom is 0.165 e. The number of hydrogen-bond donors (Lipinski definition) is 2. The van der Waals surface area contributed by atoms with Crippen molar-refractivity contribution in [3.05, 3.63) is 35.9 Å². The van der Waals surface area contributed by atoms with E-state index >= 15 is 0 Å². The Balaban J connectivity index is 1.92. The predicted octanol–water partition coefficient (Wildman–Crippen LogP) is 2.05. The highest BCUT2D eigenvalue weighted by atomic mass is 16.5. The molecule has 1 aromatic carbocycles. The Morgan fingerprint density at radius 2 is 2.18 bits per heavy atom. The zero-order valence-electron chi connectivity index (χ0n) is 13.1. The second-order valence-corrected chi connectivity index (χ2v) is 6.84. The molecule has 4 nitrogen and oxygen atoms in total. The number of para-hydroxylation sites is 1. The minimum absolute atomic E-state index is 0.180. The topological polar surface area (TPSA) is 52.9 Å². The van der Waals surface area contributed by atoms with Crippen LogP contribution in [0.25, 0.3) is 0 Å². The molecule has 0 radical (unpaired) electrons. The fourth-order valence-corrected chi connectivity index (χ4v) is 4.93. The minimum atomic E-state index is -0.621. The smallest absolute Gasteiger partial charge is 0.165 e. The second kappa shape index (κ2) is 4.74. The van der Waals surface area contributed by atoms with Crippen molar-refractivity contribution in [2.75, 3.05) is 13.6 Å². The van der Waals surface area contributed by atoms with Gasteiger partial charge in [-0.3, -0.25) is 0 Å². The Morgan fingerprint density at radius 3 is 2.95 bits per heavy atom. The predicted molar refractivity (Wildman–Crippen MR) is 84.2 cm³/mol. The second-order valence-electron chi connectivity index (χ2n) is 6.84. The number of aromatic hydroxyl groups is 1. The van der Waals surface area contributed by atoms with Gasteiger partial charge in [0.05, 0.1) is 0 Å². The molecule has 0 amide bonds. The Labute approximate surface area is 131 Å². The maximum atomic E-state index is 10.5. The minimum Gasteiger partial charge on any atom is -0.504 e. The molecule has 0 aromatic heterocycles. The van der Waals surface area contributed by atoms with Gasteiger partial charge in [0.25, 0.3) is 0 Å². The van der Waals surface area contributed by atoms with Gasteiger partial charge in [-0.2, -0.15) is 0 Å². The average Bonchev–Trinajstić information content (AvgIpc) is 2.86. The van der Waals surface area contributed by atoms with E-state index in [0.717, 1.165) is 24.9 Å². The quantitative estimate of drug-likeness (QED) is 0.780. The molecule has 3 aliphatic rings. The average molecular weight is 301 g/mol. The third-order valence-electron chi connectivity index (χ3n) is 5.95. The third-order valence-corrected chi connectivity index (χ3v) is 5.95. The van der Waals surface area contributed by atoms with E-state index in [4.69, 9.17) is 4.74 Å². The number of aliphatic hydroxyl groups excluding tert-OH is 1. The first-order valence-corrected chi connectivity index (χ1v) is 8.15. The molecular weight excluding hydrogens is 278 g/mol. The molecule has 22 heavy (non-hydrogen) atoms. The van der Waals surface area contributed by atoms with Crippen molar-refractivity contribution < 1.29 is 14.9 Å². The summed E-state index contributed by atoms with van der Waals surface area (Å²) in [6, 6.07) is 6.03. The molecule has 5 atom stereocenters. The summed E-state index contributed by atoms with van der Waals surface area (Å²) < 4.78 is 6.07. The zero-order chi connectivity index (χ0) is 15.5. The van der Waals surface area contributed by atoms with Gasteiger partial charge in [0.1, 0.15) is 12.2 Å². The van der Waals surface area contributed by atoms with Gasteiger partial charge >= 0.3 is 0 Å². The molecule has 118 valence electrons. The maximum absolute atomic E-state index is 10.5. The summed E-state index contributed by atoms with van der Waals surface area (Å²) in [5, 5.41) is 20.7. The van der Waals surface area contributed by atoms with Gasteiger partial charge in [-0.15, -0.1) is 0 Å². The van der Waals surface area contributed by atoms with Crippen LogP contribution in [0.5, 0.6) is 11.5 Å². The monoisotopic (exact) mass is 301 g/mol. The summed E-state index contributed by atoms with van der Waals surface area (Å²) in [4.78, 5) is 2.41. The van der Waals surface area contributed by atoms with Crippen LogP contribution in [-0.4, -0.2) is 47.0 Å². The molecule has 2 N–H and O–H groups in total. The lowest BCUT2D eigenvalue weighted by molar-refractivity contribution is -0.0410. The molecular formula is C18H23NO3. The molecule has 1 aromatic rings. The van der Waals surface area contributed by atoms with Crippen LogP contribution in [0, 0.1) is 5.92 Å². The molecule has 0 bridgehead atoms.